The van der Waals surface area contributed by atoms with Crippen molar-refractivity contribution in [1.82, 2.24) is 19.6 Å². The first-order valence-electron chi connectivity index (χ1n) is 11.6. The minimum atomic E-state index is 0.176. The second-order valence-corrected chi connectivity index (χ2v) is 9.56. The number of hydrogen-bond acceptors (Lipinski definition) is 4. The first-order valence-corrected chi connectivity index (χ1v) is 11.6. The molecule has 4 aliphatic rings. The Morgan fingerprint density at radius 1 is 0.821 bits per heavy atom. The molecule has 6 nitrogen and oxygen atoms in total. The molecule has 1 saturated carbocycles. The number of amides is 2. The molecule has 0 aromatic carbocycles. The van der Waals surface area contributed by atoms with Gasteiger partial charge in [-0.05, 0) is 51.6 Å². The molecule has 4 fully saturated rings. The Morgan fingerprint density at radius 2 is 1.54 bits per heavy atom. The van der Waals surface area contributed by atoms with E-state index in [4.69, 9.17) is 0 Å². The molecule has 0 N–H and O–H groups in total. The smallest absolute Gasteiger partial charge is 0.227 e. The second-order valence-electron chi connectivity index (χ2n) is 9.56. The van der Waals surface area contributed by atoms with E-state index >= 15 is 0 Å². The maximum absolute atomic E-state index is 13.0. The Labute approximate surface area is 170 Å². The van der Waals surface area contributed by atoms with E-state index < -0.39 is 0 Å². The van der Waals surface area contributed by atoms with Gasteiger partial charge in [-0.2, -0.15) is 0 Å². The van der Waals surface area contributed by atoms with Gasteiger partial charge in [0.1, 0.15) is 0 Å². The van der Waals surface area contributed by atoms with Crippen LogP contribution in [-0.4, -0.2) is 96.9 Å². The van der Waals surface area contributed by atoms with Crippen LogP contribution >= 0.6 is 0 Å². The van der Waals surface area contributed by atoms with Gasteiger partial charge in [-0.15, -0.1) is 0 Å². The van der Waals surface area contributed by atoms with E-state index in [9.17, 15) is 9.59 Å². The van der Waals surface area contributed by atoms with Crippen LogP contribution in [0.15, 0.2) is 0 Å². The third-order valence-electron chi connectivity index (χ3n) is 7.41. The summed E-state index contributed by atoms with van der Waals surface area (Å²) in [4.78, 5) is 34.5. The summed E-state index contributed by atoms with van der Waals surface area (Å²) in [5.41, 5.74) is 0. The number of carbonyl (C=O) groups is 2. The van der Waals surface area contributed by atoms with E-state index in [1.165, 1.54) is 12.8 Å². The van der Waals surface area contributed by atoms with Gasteiger partial charge in [-0.1, -0.05) is 12.8 Å². The van der Waals surface area contributed by atoms with Crippen molar-refractivity contribution in [3.63, 3.8) is 0 Å². The zero-order valence-electron chi connectivity index (χ0n) is 17.7. The van der Waals surface area contributed by atoms with Gasteiger partial charge in [0.25, 0.3) is 0 Å². The standard InChI is InChI=1S/C22H38N4O2/c1-23-13-15-25(16-14-23)22(28)19-3-2-10-26(17-19)20-8-11-24(12-9-20)21(27)7-6-18-4-5-18/h18-20H,2-17H2,1H3. The van der Waals surface area contributed by atoms with E-state index in [1.807, 2.05) is 0 Å². The summed E-state index contributed by atoms with van der Waals surface area (Å²) in [7, 11) is 2.13. The van der Waals surface area contributed by atoms with Crippen molar-refractivity contribution in [2.75, 3.05) is 59.4 Å². The summed E-state index contributed by atoms with van der Waals surface area (Å²) in [5, 5.41) is 0. The van der Waals surface area contributed by atoms with E-state index in [0.29, 0.717) is 17.9 Å². The average molecular weight is 391 g/mol. The largest absolute Gasteiger partial charge is 0.343 e. The number of likely N-dealkylation sites (tertiary alicyclic amines) is 2. The molecule has 1 atom stereocenters. The predicted molar refractivity (Wildman–Crippen MR) is 110 cm³/mol. The van der Waals surface area contributed by atoms with Crippen LogP contribution in [-0.2, 0) is 9.59 Å². The average Bonchev–Trinajstić information content (AvgIpc) is 3.57. The summed E-state index contributed by atoms with van der Waals surface area (Å²) in [6, 6.07) is 0.551. The van der Waals surface area contributed by atoms with Crippen molar-refractivity contribution >= 4 is 11.8 Å². The molecule has 3 heterocycles. The number of rotatable bonds is 5. The summed E-state index contributed by atoms with van der Waals surface area (Å²) < 4.78 is 0. The zero-order valence-corrected chi connectivity index (χ0v) is 17.7. The molecule has 0 aromatic heterocycles. The van der Waals surface area contributed by atoms with Crippen molar-refractivity contribution in [2.24, 2.45) is 11.8 Å². The van der Waals surface area contributed by atoms with Crippen molar-refractivity contribution < 1.29 is 9.59 Å². The van der Waals surface area contributed by atoms with E-state index in [1.54, 1.807) is 0 Å². The lowest BCUT2D eigenvalue weighted by atomic mass is 9.92. The molecule has 0 bridgehead atoms. The first kappa shape index (κ1) is 20.1. The number of likely N-dealkylation sites (N-methyl/N-ethyl adjacent to an activating group) is 1. The van der Waals surface area contributed by atoms with Crippen LogP contribution in [0.25, 0.3) is 0 Å². The van der Waals surface area contributed by atoms with Crippen LogP contribution in [0, 0.1) is 11.8 Å². The Kier molecular flexibility index (Phi) is 6.56. The van der Waals surface area contributed by atoms with Gasteiger partial charge < -0.3 is 14.7 Å². The van der Waals surface area contributed by atoms with Gasteiger partial charge in [0.2, 0.25) is 11.8 Å². The van der Waals surface area contributed by atoms with Crippen molar-refractivity contribution in [3.05, 3.63) is 0 Å². The van der Waals surface area contributed by atoms with E-state index in [0.717, 1.165) is 96.8 Å². The molecular weight excluding hydrogens is 352 g/mol. The normalized spacial score (nSPS) is 28.5. The van der Waals surface area contributed by atoms with Crippen LogP contribution in [0.1, 0.15) is 51.4 Å². The van der Waals surface area contributed by atoms with Gasteiger partial charge in [0, 0.05) is 58.3 Å². The van der Waals surface area contributed by atoms with Gasteiger partial charge in [0.05, 0.1) is 5.92 Å². The van der Waals surface area contributed by atoms with Crippen molar-refractivity contribution in [1.29, 1.82) is 0 Å². The monoisotopic (exact) mass is 390 g/mol. The fourth-order valence-corrected chi connectivity index (χ4v) is 5.20. The summed E-state index contributed by atoms with van der Waals surface area (Å²) in [6.07, 6.45) is 8.83. The Bertz CT molecular complexity index is 549. The lowest BCUT2D eigenvalue weighted by molar-refractivity contribution is -0.139. The molecule has 3 aliphatic heterocycles. The van der Waals surface area contributed by atoms with Gasteiger partial charge >= 0.3 is 0 Å². The SMILES string of the molecule is CN1CCN(C(=O)C2CCCN(C3CCN(C(=O)CCC4CC4)CC3)C2)CC1. The zero-order chi connectivity index (χ0) is 19.5. The Morgan fingerprint density at radius 3 is 2.21 bits per heavy atom. The van der Waals surface area contributed by atoms with Crippen LogP contribution < -0.4 is 0 Å². The lowest BCUT2D eigenvalue weighted by Gasteiger charge is -2.43. The number of piperidine rings is 2. The van der Waals surface area contributed by atoms with Gasteiger partial charge in [0.15, 0.2) is 0 Å². The molecule has 158 valence electrons. The molecule has 0 spiro atoms. The third-order valence-corrected chi connectivity index (χ3v) is 7.41. The lowest BCUT2D eigenvalue weighted by Crippen LogP contribution is -2.54. The minimum absolute atomic E-state index is 0.176. The highest BCUT2D eigenvalue weighted by molar-refractivity contribution is 5.79. The Hall–Kier alpha value is -1.14. The molecule has 6 heteroatoms. The maximum atomic E-state index is 13.0. The second kappa shape index (κ2) is 9.12. The van der Waals surface area contributed by atoms with Crippen LogP contribution in [0.2, 0.25) is 0 Å². The molecule has 28 heavy (non-hydrogen) atoms. The maximum Gasteiger partial charge on any atom is 0.227 e. The Balaban J connectivity index is 1.22. The molecule has 4 rings (SSSR count). The molecule has 0 aromatic rings. The number of hydrogen-bond donors (Lipinski definition) is 0. The number of piperazine rings is 1. The van der Waals surface area contributed by atoms with Gasteiger partial charge in [-0.25, -0.2) is 0 Å². The van der Waals surface area contributed by atoms with Crippen molar-refractivity contribution in [2.45, 2.75) is 57.4 Å². The summed E-state index contributed by atoms with van der Waals surface area (Å²) >= 11 is 0. The predicted octanol–water partition coefficient (Wildman–Crippen LogP) is 1.65. The van der Waals surface area contributed by atoms with Crippen LogP contribution in [0.5, 0.6) is 0 Å². The highest BCUT2D eigenvalue weighted by Gasteiger charge is 2.34. The number of carbonyl (C=O) groups excluding carboxylic acids is 2. The quantitative estimate of drug-likeness (QED) is 0.716. The summed E-state index contributed by atoms with van der Waals surface area (Å²) in [6.45, 7) is 7.60. The van der Waals surface area contributed by atoms with Crippen molar-refractivity contribution in [3.8, 4) is 0 Å². The fourth-order valence-electron chi connectivity index (χ4n) is 5.20. The third kappa shape index (κ3) is 5.07. The van der Waals surface area contributed by atoms with E-state index in [-0.39, 0.29) is 5.92 Å². The van der Waals surface area contributed by atoms with Crippen LogP contribution in [0.4, 0.5) is 0 Å². The summed E-state index contributed by atoms with van der Waals surface area (Å²) in [5.74, 6) is 1.76. The minimum Gasteiger partial charge on any atom is -0.343 e. The highest BCUT2D eigenvalue weighted by Crippen LogP contribution is 2.34. The number of nitrogens with zero attached hydrogens (tertiary/aromatic N) is 4. The molecular formula is C22H38N4O2. The van der Waals surface area contributed by atoms with Gasteiger partial charge in [-0.3, -0.25) is 14.5 Å². The molecule has 1 aliphatic carbocycles. The molecule has 1 unspecified atom stereocenters. The highest BCUT2D eigenvalue weighted by atomic mass is 16.2. The van der Waals surface area contributed by atoms with Crippen LogP contribution in [0.3, 0.4) is 0 Å². The molecule has 2 amide bonds. The van der Waals surface area contributed by atoms with E-state index in [2.05, 4.69) is 26.6 Å². The topological polar surface area (TPSA) is 47.1 Å². The molecule has 0 radical (unpaired) electrons. The fraction of sp³-hybridized carbons (Fsp3) is 0.909. The first-order chi connectivity index (χ1) is 13.6. The molecule has 3 saturated heterocycles.